The average Bonchev–Trinajstić information content (AvgIpc) is 2.83. The summed E-state index contributed by atoms with van der Waals surface area (Å²) in [4.78, 5) is 34.3. The highest BCUT2D eigenvalue weighted by atomic mass is 35.5. The molecule has 1 atom stereocenters. The minimum atomic E-state index is -1.21. The molecular weight excluding hydrogens is 300 g/mol. The molecule has 0 saturated heterocycles. The number of nitrogens with zero attached hydrogens (tertiary/aromatic N) is 1. The number of esters is 1. The number of methoxy groups -OCH3 is 1. The summed E-state index contributed by atoms with van der Waals surface area (Å²) in [5.74, 6) is -2.30. The van der Waals surface area contributed by atoms with Gasteiger partial charge in [-0.2, -0.15) is 0 Å². The van der Waals surface area contributed by atoms with Crippen molar-refractivity contribution in [3.63, 3.8) is 0 Å². The normalized spacial score (nSPS) is 11.8. The lowest BCUT2D eigenvalue weighted by atomic mass is 10.1. The summed E-state index contributed by atoms with van der Waals surface area (Å²) in [6.07, 6.45) is 1.44. The number of ether oxygens (including phenoxy) is 1. The lowest BCUT2D eigenvalue weighted by Crippen LogP contribution is -2.41. The number of aliphatic carboxylic acids is 1. The van der Waals surface area contributed by atoms with Crippen molar-refractivity contribution in [3.8, 4) is 0 Å². The zero-order valence-corrected chi connectivity index (χ0v) is 12.5. The van der Waals surface area contributed by atoms with E-state index in [1.165, 1.54) is 13.2 Å². The van der Waals surface area contributed by atoms with Crippen LogP contribution in [0.25, 0.3) is 0 Å². The summed E-state index contributed by atoms with van der Waals surface area (Å²) < 4.78 is 6.05. The van der Waals surface area contributed by atoms with Crippen molar-refractivity contribution in [2.45, 2.75) is 32.4 Å². The number of carboxylic acid groups (broad SMARTS) is 1. The van der Waals surface area contributed by atoms with E-state index in [1.807, 2.05) is 6.92 Å². The highest BCUT2D eigenvalue weighted by Gasteiger charge is 2.23. The monoisotopic (exact) mass is 316 g/mol. The Kier molecular flexibility index (Phi) is 6.23. The van der Waals surface area contributed by atoms with Crippen molar-refractivity contribution < 1.29 is 24.2 Å². The van der Waals surface area contributed by atoms with Crippen LogP contribution in [0.15, 0.2) is 12.3 Å². The van der Waals surface area contributed by atoms with Crippen LogP contribution < -0.4 is 5.32 Å². The highest BCUT2D eigenvalue weighted by Crippen LogP contribution is 2.14. The van der Waals surface area contributed by atoms with E-state index in [-0.39, 0.29) is 18.5 Å². The molecule has 1 rings (SSSR count). The van der Waals surface area contributed by atoms with Gasteiger partial charge in [-0.1, -0.05) is 11.6 Å². The average molecular weight is 317 g/mol. The number of amides is 1. The topological polar surface area (TPSA) is 97.6 Å². The van der Waals surface area contributed by atoms with Crippen molar-refractivity contribution in [3.05, 3.63) is 23.0 Å². The van der Waals surface area contributed by atoms with Gasteiger partial charge in [-0.25, -0.2) is 4.79 Å². The Bertz CT molecular complexity index is 541. The van der Waals surface area contributed by atoms with Gasteiger partial charge in [0.15, 0.2) is 0 Å². The summed E-state index contributed by atoms with van der Waals surface area (Å²) in [7, 11) is 1.22. The SMILES string of the molecule is CCn1cc(Cl)cc1C(=O)N[C@H](CCC(=O)OC)C(=O)O. The zero-order valence-electron chi connectivity index (χ0n) is 11.8. The number of nitrogens with one attached hydrogen (secondary N) is 1. The quantitative estimate of drug-likeness (QED) is 0.739. The molecule has 1 heterocycles. The molecule has 0 aliphatic rings. The number of aromatic nitrogens is 1. The van der Waals surface area contributed by atoms with E-state index in [0.717, 1.165) is 0 Å². The first-order chi connectivity index (χ1) is 9.88. The number of carbonyl (C=O) groups excluding carboxylic acids is 2. The van der Waals surface area contributed by atoms with Gasteiger partial charge in [-0.3, -0.25) is 9.59 Å². The molecule has 0 saturated carbocycles. The Morgan fingerprint density at radius 2 is 2.14 bits per heavy atom. The number of carbonyl (C=O) groups is 3. The van der Waals surface area contributed by atoms with Gasteiger partial charge in [0, 0.05) is 19.2 Å². The molecule has 0 spiro atoms. The maximum atomic E-state index is 12.1. The second-order valence-corrected chi connectivity index (χ2v) is 4.75. The second kappa shape index (κ2) is 7.68. The van der Waals surface area contributed by atoms with Crippen molar-refractivity contribution in [2.24, 2.45) is 0 Å². The Hall–Kier alpha value is -2.02. The van der Waals surface area contributed by atoms with Gasteiger partial charge in [-0.05, 0) is 19.4 Å². The molecule has 0 bridgehead atoms. The molecule has 8 heteroatoms. The van der Waals surface area contributed by atoms with Crippen LogP contribution >= 0.6 is 11.6 Å². The molecule has 0 radical (unpaired) electrons. The summed E-state index contributed by atoms with van der Waals surface area (Å²) in [5.41, 5.74) is 0.270. The first kappa shape index (κ1) is 17.0. The minimum Gasteiger partial charge on any atom is -0.480 e. The number of carboxylic acids is 1. The first-order valence-corrected chi connectivity index (χ1v) is 6.73. The van der Waals surface area contributed by atoms with Crippen LogP contribution in [0.1, 0.15) is 30.3 Å². The van der Waals surface area contributed by atoms with Crippen LogP contribution in [0.4, 0.5) is 0 Å². The number of hydrogen-bond donors (Lipinski definition) is 2. The molecule has 1 aromatic heterocycles. The predicted octanol–water partition coefficient (Wildman–Crippen LogP) is 1.30. The van der Waals surface area contributed by atoms with E-state index in [1.54, 1.807) is 10.8 Å². The second-order valence-electron chi connectivity index (χ2n) is 4.31. The number of hydrogen-bond acceptors (Lipinski definition) is 4. The lowest BCUT2D eigenvalue weighted by Gasteiger charge is -2.14. The standard InChI is InChI=1S/C13H17ClN2O5/c1-3-16-7-8(14)6-10(16)12(18)15-9(13(19)20)4-5-11(17)21-2/h6-7,9H,3-5H2,1-2H3,(H,15,18)(H,19,20)/t9-/m1/s1. The third-order valence-electron chi connectivity index (χ3n) is 2.90. The minimum absolute atomic E-state index is 0.0473. The molecule has 0 unspecified atom stereocenters. The maximum Gasteiger partial charge on any atom is 0.326 e. The molecule has 2 N–H and O–H groups in total. The van der Waals surface area contributed by atoms with Crippen LogP contribution in [0.3, 0.4) is 0 Å². The summed E-state index contributed by atoms with van der Waals surface area (Å²) >= 11 is 5.83. The molecule has 0 aliphatic heterocycles. The van der Waals surface area contributed by atoms with Crippen molar-refractivity contribution in [2.75, 3.05) is 7.11 Å². The molecule has 0 fully saturated rings. The molecular formula is C13H17ClN2O5. The van der Waals surface area contributed by atoms with E-state index in [0.29, 0.717) is 11.6 Å². The molecule has 7 nitrogen and oxygen atoms in total. The van der Waals surface area contributed by atoms with Gasteiger partial charge >= 0.3 is 11.9 Å². The van der Waals surface area contributed by atoms with Crippen LogP contribution in [0.5, 0.6) is 0 Å². The Morgan fingerprint density at radius 3 is 2.67 bits per heavy atom. The maximum absolute atomic E-state index is 12.1. The fourth-order valence-corrected chi connectivity index (χ4v) is 2.00. The van der Waals surface area contributed by atoms with Crippen LogP contribution in [-0.2, 0) is 20.9 Å². The summed E-state index contributed by atoms with van der Waals surface area (Å²) in [6.45, 7) is 2.36. The largest absolute Gasteiger partial charge is 0.480 e. The number of halogens is 1. The van der Waals surface area contributed by atoms with Gasteiger partial charge in [0.2, 0.25) is 0 Å². The van der Waals surface area contributed by atoms with E-state index in [4.69, 9.17) is 16.7 Å². The van der Waals surface area contributed by atoms with Crippen LogP contribution in [0.2, 0.25) is 5.02 Å². The van der Waals surface area contributed by atoms with Crippen LogP contribution in [-0.4, -0.2) is 40.7 Å². The van der Waals surface area contributed by atoms with Gasteiger partial charge in [0.05, 0.1) is 12.1 Å². The van der Waals surface area contributed by atoms with Crippen molar-refractivity contribution >= 4 is 29.4 Å². The lowest BCUT2D eigenvalue weighted by molar-refractivity contribution is -0.142. The molecule has 116 valence electrons. The van der Waals surface area contributed by atoms with Gasteiger partial charge in [-0.15, -0.1) is 0 Å². The summed E-state index contributed by atoms with van der Waals surface area (Å²) in [5, 5.41) is 11.9. The molecule has 21 heavy (non-hydrogen) atoms. The predicted molar refractivity (Wildman–Crippen MR) is 75.3 cm³/mol. The third-order valence-corrected chi connectivity index (χ3v) is 3.11. The third kappa shape index (κ3) is 4.78. The van der Waals surface area contributed by atoms with Crippen molar-refractivity contribution in [1.82, 2.24) is 9.88 Å². The Balaban J connectivity index is 2.76. The fraction of sp³-hybridized carbons (Fsp3) is 0.462. The summed E-state index contributed by atoms with van der Waals surface area (Å²) in [6, 6.07) is 0.287. The number of rotatable bonds is 7. The smallest absolute Gasteiger partial charge is 0.326 e. The molecule has 0 aliphatic carbocycles. The van der Waals surface area contributed by atoms with Gasteiger partial charge < -0.3 is 19.7 Å². The molecule has 1 aromatic rings. The molecule has 0 aromatic carbocycles. The van der Waals surface area contributed by atoms with Gasteiger partial charge in [0.25, 0.3) is 5.91 Å². The number of aryl methyl sites for hydroxylation is 1. The fourth-order valence-electron chi connectivity index (χ4n) is 1.78. The van der Waals surface area contributed by atoms with E-state index in [2.05, 4.69) is 10.1 Å². The van der Waals surface area contributed by atoms with Gasteiger partial charge in [0.1, 0.15) is 11.7 Å². The van der Waals surface area contributed by atoms with E-state index >= 15 is 0 Å². The Morgan fingerprint density at radius 1 is 1.48 bits per heavy atom. The zero-order chi connectivity index (χ0) is 16.0. The Labute approximate surface area is 126 Å². The highest BCUT2D eigenvalue weighted by molar-refractivity contribution is 6.31. The van der Waals surface area contributed by atoms with E-state index in [9.17, 15) is 14.4 Å². The first-order valence-electron chi connectivity index (χ1n) is 6.35. The molecule has 1 amide bonds. The van der Waals surface area contributed by atoms with Crippen LogP contribution in [0, 0.1) is 0 Å². The van der Waals surface area contributed by atoms with E-state index < -0.39 is 23.9 Å². The van der Waals surface area contributed by atoms with Crippen molar-refractivity contribution in [1.29, 1.82) is 0 Å².